The number of pyridine rings is 1. The van der Waals surface area contributed by atoms with Crippen molar-refractivity contribution in [1.29, 1.82) is 0 Å². The second-order valence-corrected chi connectivity index (χ2v) is 5.23. The van der Waals surface area contributed by atoms with Gasteiger partial charge in [0.25, 0.3) is 0 Å². The van der Waals surface area contributed by atoms with E-state index in [1.165, 1.54) is 23.9 Å². The Labute approximate surface area is 114 Å². The van der Waals surface area contributed by atoms with E-state index in [4.69, 9.17) is 4.74 Å². The van der Waals surface area contributed by atoms with Gasteiger partial charge in [0.05, 0.1) is 11.6 Å². The smallest absolute Gasteiger partial charge is 0.0722 e. The number of nitrogens with zero attached hydrogens (tertiary/aromatic N) is 1. The Hall–Kier alpha value is -1.61. The summed E-state index contributed by atoms with van der Waals surface area (Å²) >= 11 is 0. The van der Waals surface area contributed by atoms with Crippen LogP contribution in [0.15, 0.2) is 36.5 Å². The molecular formula is C16H20N2O. The highest BCUT2D eigenvalue weighted by molar-refractivity contribution is 5.91. The highest BCUT2D eigenvalue weighted by atomic mass is 16.5. The van der Waals surface area contributed by atoms with Crippen molar-refractivity contribution in [2.45, 2.75) is 37.8 Å². The predicted octanol–water partition coefficient (Wildman–Crippen LogP) is 3.60. The second kappa shape index (κ2) is 5.57. The Balaban J connectivity index is 1.75. The monoisotopic (exact) mass is 256 g/mol. The van der Waals surface area contributed by atoms with Crippen LogP contribution >= 0.6 is 0 Å². The topological polar surface area (TPSA) is 34.1 Å². The molecule has 100 valence electrons. The van der Waals surface area contributed by atoms with Crippen LogP contribution in [0, 0.1) is 0 Å². The third kappa shape index (κ3) is 2.71. The minimum absolute atomic E-state index is 0.451. The van der Waals surface area contributed by atoms with Crippen molar-refractivity contribution >= 4 is 16.6 Å². The molecule has 1 aromatic carbocycles. The lowest BCUT2D eigenvalue weighted by atomic mass is 9.92. The Morgan fingerprint density at radius 2 is 1.95 bits per heavy atom. The molecule has 1 aromatic heterocycles. The van der Waals surface area contributed by atoms with Crippen molar-refractivity contribution in [2.24, 2.45) is 0 Å². The molecule has 19 heavy (non-hydrogen) atoms. The van der Waals surface area contributed by atoms with E-state index in [-0.39, 0.29) is 0 Å². The summed E-state index contributed by atoms with van der Waals surface area (Å²) in [5.41, 5.74) is 2.25. The zero-order valence-corrected chi connectivity index (χ0v) is 11.3. The first-order valence-electron chi connectivity index (χ1n) is 7.00. The molecule has 3 rings (SSSR count). The van der Waals surface area contributed by atoms with Gasteiger partial charge >= 0.3 is 0 Å². The third-order valence-electron chi connectivity index (χ3n) is 4.01. The number of rotatable bonds is 3. The van der Waals surface area contributed by atoms with Crippen LogP contribution in [-0.2, 0) is 4.74 Å². The van der Waals surface area contributed by atoms with Gasteiger partial charge in [-0.3, -0.25) is 4.98 Å². The fourth-order valence-corrected chi connectivity index (χ4v) is 2.89. The maximum atomic E-state index is 5.42. The molecule has 2 aromatic rings. The van der Waals surface area contributed by atoms with E-state index in [0.717, 1.165) is 18.4 Å². The van der Waals surface area contributed by atoms with Crippen molar-refractivity contribution in [3.8, 4) is 0 Å². The van der Waals surface area contributed by atoms with Crippen molar-refractivity contribution in [1.82, 2.24) is 4.98 Å². The largest absolute Gasteiger partial charge is 0.382 e. The van der Waals surface area contributed by atoms with E-state index >= 15 is 0 Å². The van der Waals surface area contributed by atoms with Gasteiger partial charge in [-0.25, -0.2) is 0 Å². The van der Waals surface area contributed by atoms with E-state index in [9.17, 15) is 0 Å². The van der Waals surface area contributed by atoms with Gasteiger partial charge in [-0.1, -0.05) is 6.07 Å². The first-order valence-corrected chi connectivity index (χ1v) is 7.00. The molecule has 1 saturated carbocycles. The van der Waals surface area contributed by atoms with Crippen LogP contribution in [0.25, 0.3) is 10.9 Å². The molecule has 0 amide bonds. The van der Waals surface area contributed by atoms with Crippen LogP contribution in [-0.4, -0.2) is 24.2 Å². The van der Waals surface area contributed by atoms with Crippen molar-refractivity contribution in [2.75, 3.05) is 12.4 Å². The summed E-state index contributed by atoms with van der Waals surface area (Å²) in [6.45, 7) is 0. The lowest BCUT2D eigenvalue weighted by molar-refractivity contribution is 0.0682. The molecule has 0 aliphatic heterocycles. The third-order valence-corrected chi connectivity index (χ3v) is 4.01. The molecular weight excluding hydrogens is 236 g/mol. The molecule has 1 N–H and O–H groups in total. The maximum absolute atomic E-state index is 5.42. The summed E-state index contributed by atoms with van der Waals surface area (Å²) in [5.74, 6) is 0. The van der Waals surface area contributed by atoms with Crippen LogP contribution in [0.2, 0.25) is 0 Å². The highest BCUT2D eigenvalue weighted by Crippen LogP contribution is 2.27. The fraction of sp³-hybridized carbons (Fsp3) is 0.438. The van der Waals surface area contributed by atoms with Gasteiger partial charge < -0.3 is 10.1 Å². The normalized spacial score (nSPS) is 23.4. The maximum Gasteiger partial charge on any atom is 0.0722 e. The second-order valence-electron chi connectivity index (χ2n) is 5.23. The SMILES string of the molecule is COC1CCC(Nc2cccc3ncccc23)CC1. The van der Waals surface area contributed by atoms with Crippen molar-refractivity contribution in [3.63, 3.8) is 0 Å². The van der Waals surface area contributed by atoms with Gasteiger partial charge in [0, 0.05) is 30.4 Å². The molecule has 1 fully saturated rings. The van der Waals surface area contributed by atoms with Crippen molar-refractivity contribution < 1.29 is 4.74 Å². The molecule has 1 aliphatic carbocycles. The van der Waals surface area contributed by atoms with E-state index in [1.54, 1.807) is 0 Å². The molecule has 0 spiro atoms. The molecule has 0 unspecified atom stereocenters. The number of methoxy groups -OCH3 is 1. The van der Waals surface area contributed by atoms with Crippen LogP contribution in [0.4, 0.5) is 5.69 Å². The summed E-state index contributed by atoms with van der Waals surface area (Å²) in [6.07, 6.45) is 6.95. The first kappa shape index (κ1) is 12.4. The Morgan fingerprint density at radius 3 is 2.74 bits per heavy atom. The summed E-state index contributed by atoms with van der Waals surface area (Å²) in [6, 6.07) is 10.9. The lowest BCUT2D eigenvalue weighted by Gasteiger charge is -2.29. The minimum atomic E-state index is 0.451. The summed E-state index contributed by atoms with van der Waals surface area (Å²) < 4.78 is 5.42. The highest BCUT2D eigenvalue weighted by Gasteiger charge is 2.20. The average Bonchev–Trinajstić information content (AvgIpc) is 2.48. The van der Waals surface area contributed by atoms with E-state index in [1.807, 2.05) is 19.4 Å². The Bertz CT molecular complexity index is 542. The van der Waals surface area contributed by atoms with E-state index in [2.05, 4.69) is 34.6 Å². The first-order chi connectivity index (χ1) is 9.36. The van der Waals surface area contributed by atoms with Gasteiger partial charge in [0.2, 0.25) is 0 Å². The molecule has 1 heterocycles. The van der Waals surface area contributed by atoms with Gasteiger partial charge in [-0.05, 0) is 49.9 Å². The van der Waals surface area contributed by atoms with Crippen molar-refractivity contribution in [3.05, 3.63) is 36.5 Å². The summed E-state index contributed by atoms with van der Waals surface area (Å²) in [7, 11) is 1.81. The van der Waals surface area contributed by atoms with Gasteiger partial charge in [-0.15, -0.1) is 0 Å². The quantitative estimate of drug-likeness (QED) is 0.911. The standard InChI is InChI=1S/C16H20N2O/c1-19-13-9-7-12(8-10-13)18-16-6-2-5-15-14(16)4-3-11-17-15/h2-6,11-13,18H,7-10H2,1H3. The van der Waals surface area contributed by atoms with E-state index < -0.39 is 0 Å². The molecule has 0 radical (unpaired) electrons. The van der Waals surface area contributed by atoms with Gasteiger partial charge in [0.15, 0.2) is 0 Å². The Morgan fingerprint density at radius 1 is 1.11 bits per heavy atom. The van der Waals surface area contributed by atoms with Crippen LogP contribution in [0.3, 0.4) is 0 Å². The number of hydrogen-bond acceptors (Lipinski definition) is 3. The Kier molecular flexibility index (Phi) is 3.65. The number of nitrogens with one attached hydrogen (secondary N) is 1. The number of ether oxygens (including phenoxy) is 1. The molecule has 0 atom stereocenters. The molecule has 3 nitrogen and oxygen atoms in total. The molecule has 3 heteroatoms. The van der Waals surface area contributed by atoms with Crippen LogP contribution in [0.1, 0.15) is 25.7 Å². The lowest BCUT2D eigenvalue weighted by Crippen LogP contribution is -2.29. The molecule has 0 bridgehead atoms. The zero-order chi connectivity index (χ0) is 13.1. The van der Waals surface area contributed by atoms with Gasteiger partial charge in [-0.2, -0.15) is 0 Å². The number of anilines is 1. The van der Waals surface area contributed by atoms with Gasteiger partial charge in [0.1, 0.15) is 0 Å². The zero-order valence-electron chi connectivity index (χ0n) is 11.3. The predicted molar refractivity (Wildman–Crippen MR) is 78.4 cm³/mol. The summed E-state index contributed by atoms with van der Waals surface area (Å²) in [4.78, 5) is 4.40. The minimum Gasteiger partial charge on any atom is -0.382 e. The van der Waals surface area contributed by atoms with Crippen LogP contribution in [0.5, 0.6) is 0 Å². The molecule has 1 aliphatic rings. The number of aromatic nitrogens is 1. The number of benzene rings is 1. The molecule has 0 saturated heterocycles. The average molecular weight is 256 g/mol. The summed E-state index contributed by atoms with van der Waals surface area (Å²) in [5, 5.41) is 4.88. The van der Waals surface area contributed by atoms with Crippen LogP contribution < -0.4 is 5.32 Å². The number of fused-ring (bicyclic) bond motifs is 1. The number of hydrogen-bond donors (Lipinski definition) is 1. The fourth-order valence-electron chi connectivity index (χ4n) is 2.89. The van der Waals surface area contributed by atoms with E-state index in [0.29, 0.717) is 12.1 Å².